The Bertz CT molecular complexity index is 299. The van der Waals surface area contributed by atoms with Crippen molar-refractivity contribution in [3.63, 3.8) is 0 Å². The van der Waals surface area contributed by atoms with E-state index in [4.69, 9.17) is 0 Å². The van der Waals surface area contributed by atoms with Crippen molar-refractivity contribution in [2.45, 2.75) is 25.7 Å². The van der Waals surface area contributed by atoms with Gasteiger partial charge in [0, 0.05) is 7.05 Å². The highest BCUT2D eigenvalue weighted by Gasteiger charge is 2.08. The smallest absolute Gasteiger partial charge is 0.0900 e. The molecule has 0 N–H and O–H groups in total. The minimum absolute atomic E-state index is 1.08. The lowest BCUT2D eigenvalue weighted by atomic mass is 10.1. The first-order valence-electron chi connectivity index (χ1n) is 4.43. The van der Waals surface area contributed by atoms with E-state index in [1.54, 1.807) is 0 Å². The zero-order valence-electron chi connectivity index (χ0n) is 7.32. The Balaban J connectivity index is 2.39. The maximum absolute atomic E-state index is 4.12. The largest absolute Gasteiger partial charge is 0.248 e. The summed E-state index contributed by atoms with van der Waals surface area (Å²) in [4.78, 5) is 0. The van der Waals surface area contributed by atoms with E-state index in [1.165, 1.54) is 25.0 Å². The van der Waals surface area contributed by atoms with Crippen LogP contribution in [-0.2, 0) is 13.5 Å². The summed E-state index contributed by atoms with van der Waals surface area (Å²) in [7, 11) is 1.94. The number of nitrogens with zero attached hydrogens (tertiary/aromatic N) is 3. The lowest BCUT2D eigenvalue weighted by Gasteiger charge is -2.02. The molecule has 1 aliphatic carbocycles. The third kappa shape index (κ3) is 1.26. The molecule has 0 fully saturated rings. The van der Waals surface area contributed by atoms with Gasteiger partial charge in [0.2, 0.25) is 0 Å². The second-order valence-corrected chi connectivity index (χ2v) is 3.19. The number of fused-ring (bicyclic) bond motifs is 1. The molecular weight excluding hydrogens is 150 g/mol. The van der Waals surface area contributed by atoms with Crippen LogP contribution in [0.4, 0.5) is 0 Å². The first-order valence-corrected chi connectivity index (χ1v) is 4.43. The monoisotopic (exact) mass is 163 g/mol. The van der Waals surface area contributed by atoms with Crippen molar-refractivity contribution >= 4 is 6.08 Å². The van der Waals surface area contributed by atoms with Crippen molar-refractivity contribution in [2.24, 2.45) is 7.05 Å². The summed E-state index contributed by atoms with van der Waals surface area (Å²) in [6, 6.07) is 0. The molecule has 1 aliphatic rings. The molecule has 0 amide bonds. The van der Waals surface area contributed by atoms with Gasteiger partial charge in [-0.1, -0.05) is 11.3 Å². The van der Waals surface area contributed by atoms with Crippen molar-refractivity contribution in [3.8, 4) is 0 Å². The Morgan fingerprint density at radius 3 is 3.25 bits per heavy atom. The first-order chi connectivity index (χ1) is 5.88. The highest BCUT2D eigenvalue weighted by molar-refractivity contribution is 5.47. The quantitative estimate of drug-likeness (QED) is 0.581. The van der Waals surface area contributed by atoms with Crippen LogP contribution in [0.1, 0.15) is 30.7 Å². The third-order valence-corrected chi connectivity index (χ3v) is 2.25. The SMILES string of the molecule is Cn1nnc2c1/C=C\CCCC2. The Morgan fingerprint density at radius 1 is 1.42 bits per heavy atom. The van der Waals surface area contributed by atoms with Crippen LogP contribution >= 0.6 is 0 Å². The van der Waals surface area contributed by atoms with Crippen molar-refractivity contribution in [2.75, 3.05) is 0 Å². The lowest BCUT2D eigenvalue weighted by Crippen LogP contribution is -1.96. The summed E-state index contributed by atoms with van der Waals surface area (Å²) >= 11 is 0. The fraction of sp³-hybridized carbons (Fsp3) is 0.556. The molecule has 1 heterocycles. The van der Waals surface area contributed by atoms with E-state index in [9.17, 15) is 0 Å². The molecule has 12 heavy (non-hydrogen) atoms. The molecule has 0 atom stereocenters. The predicted molar refractivity (Wildman–Crippen MR) is 47.6 cm³/mol. The molecule has 0 aliphatic heterocycles. The number of hydrogen-bond donors (Lipinski definition) is 0. The van der Waals surface area contributed by atoms with Crippen molar-refractivity contribution < 1.29 is 0 Å². The van der Waals surface area contributed by atoms with E-state index in [-0.39, 0.29) is 0 Å². The molecule has 0 radical (unpaired) electrons. The van der Waals surface area contributed by atoms with Crippen molar-refractivity contribution in [3.05, 3.63) is 17.5 Å². The third-order valence-electron chi connectivity index (χ3n) is 2.25. The van der Waals surface area contributed by atoms with Crippen molar-refractivity contribution in [1.82, 2.24) is 15.0 Å². The van der Waals surface area contributed by atoms with E-state index in [2.05, 4.69) is 22.5 Å². The molecule has 64 valence electrons. The van der Waals surface area contributed by atoms with Crippen LogP contribution in [0, 0.1) is 0 Å². The molecule has 0 unspecified atom stereocenters. The molecule has 3 nitrogen and oxygen atoms in total. The average molecular weight is 163 g/mol. The Kier molecular flexibility index (Phi) is 1.94. The molecule has 0 spiro atoms. The van der Waals surface area contributed by atoms with Crippen LogP contribution in [0.15, 0.2) is 6.08 Å². The van der Waals surface area contributed by atoms with Gasteiger partial charge in [-0.3, -0.25) is 0 Å². The van der Waals surface area contributed by atoms with Gasteiger partial charge in [0.05, 0.1) is 11.4 Å². The van der Waals surface area contributed by atoms with E-state index in [0.717, 1.165) is 12.1 Å². The maximum atomic E-state index is 4.12. The summed E-state index contributed by atoms with van der Waals surface area (Å²) in [5.74, 6) is 0. The number of hydrogen-bond acceptors (Lipinski definition) is 2. The summed E-state index contributed by atoms with van der Waals surface area (Å²) in [6.07, 6.45) is 9.11. The molecule has 2 rings (SSSR count). The average Bonchev–Trinajstić information content (AvgIpc) is 2.31. The van der Waals surface area contributed by atoms with Crippen LogP contribution in [-0.4, -0.2) is 15.0 Å². The summed E-state index contributed by atoms with van der Waals surface area (Å²) in [5.41, 5.74) is 2.32. The second kappa shape index (κ2) is 3.09. The summed E-state index contributed by atoms with van der Waals surface area (Å²) in [6.45, 7) is 0. The highest BCUT2D eigenvalue weighted by atomic mass is 15.4. The molecule has 1 aromatic rings. The molecule has 0 saturated carbocycles. The number of allylic oxidation sites excluding steroid dienone is 1. The maximum Gasteiger partial charge on any atom is 0.0900 e. The molecule has 3 heteroatoms. The van der Waals surface area contributed by atoms with Gasteiger partial charge in [0.25, 0.3) is 0 Å². The van der Waals surface area contributed by atoms with E-state index < -0.39 is 0 Å². The number of rotatable bonds is 0. The summed E-state index contributed by atoms with van der Waals surface area (Å²) < 4.78 is 1.84. The number of aryl methyl sites for hydroxylation is 2. The molecule has 0 aromatic carbocycles. The first kappa shape index (κ1) is 7.53. The normalized spacial score (nSPS) is 19.4. The predicted octanol–water partition coefficient (Wildman–Crippen LogP) is 1.55. The van der Waals surface area contributed by atoms with Gasteiger partial charge < -0.3 is 0 Å². The van der Waals surface area contributed by atoms with Gasteiger partial charge in [0.1, 0.15) is 0 Å². The molecular formula is C9H13N3. The van der Waals surface area contributed by atoms with Crippen LogP contribution in [0.5, 0.6) is 0 Å². The fourth-order valence-electron chi connectivity index (χ4n) is 1.54. The minimum Gasteiger partial charge on any atom is -0.248 e. The van der Waals surface area contributed by atoms with Gasteiger partial charge in [-0.2, -0.15) is 0 Å². The van der Waals surface area contributed by atoms with Crippen molar-refractivity contribution in [1.29, 1.82) is 0 Å². The van der Waals surface area contributed by atoms with Crippen LogP contribution in [0.2, 0.25) is 0 Å². The van der Waals surface area contributed by atoms with Crippen LogP contribution in [0.25, 0.3) is 6.08 Å². The lowest BCUT2D eigenvalue weighted by molar-refractivity contribution is 0.707. The van der Waals surface area contributed by atoms with Gasteiger partial charge in [-0.25, -0.2) is 4.68 Å². The van der Waals surface area contributed by atoms with E-state index in [1.807, 2.05) is 11.7 Å². The van der Waals surface area contributed by atoms with Gasteiger partial charge in [0.15, 0.2) is 0 Å². The zero-order chi connectivity index (χ0) is 8.39. The standard InChI is InChI=1S/C9H13N3/c1-12-9-7-5-3-2-4-6-8(9)10-11-12/h5,7H,2-4,6H2,1H3/b7-5-. The van der Waals surface area contributed by atoms with Gasteiger partial charge in [-0.15, -0.1) is 5.10 Å². The van der Waals surface area contributed by atoms with Crippen LogP contribution in [0.3, 0.4) is 0 Å². The van der Waals surface area contributed by atoms with Crippen LogP contribution < -0.4 is 0 Å². The second-order valence-electron chi connectivity index (χ2n) is 3.19. The van der Waals surface area contributed by atoms with E-state index >= 15 is 0 Å². The summed E-state index contributed by atoms with van der Waals surface area (Å²) in [5, 5.41) is 8.12. The zero-order valence-corrected chi connectivity index (χ0v) is 7.32. The Labute approximate surface area is 72.1 Å². The number of aromatic nitrogens is 3. The Hall–Kier alpha value is -1.12. The van der Waals surface area contributed by atoms with Gasteiger partial charge >= 0.3 is 0 Å². The topological polar surface area (TPSA) is 30.7 Å². The molecule has 1 aromatic heterocycles. The highest BCUT2D eigenvalue weighted by Crippen LogP contribution is 2.14. The molecule has 0 bridgehead atoms. The van der Waals surface area contributed by atoms with E-state index in [0.29, 0.717) is 0 Å². The Morgan fingerprint density at radius 2 is 2.33 bits per heavy atom. The minimum atomic E-state index is 1.08. The fourth-order valence-corrected chi connectivity index (χ4v) is 1.54. The van der Waals surface area contributed by atoms with Gasteiger partial charge in [-0.05, 0) is 31.8 Å². The molecule has 0 saturated heterocycles.